The third-order valence-corrected chi connectivity index (χ3v) is 3.27. The molecule has 0 radical (unpaired) electrons. The number of hydrogen-bond donors (Lipinski definition) is 1. The van der Waals surface area contributed by atoms with E-state index in [1.165, 1.54) is 5.56 Å². The van der Waals surface area contributed by atoms with Crippen molar-refractivity contribution >= 4 is 5.91 Å². The summed E-state index contributed by atoms with van der Waals surface area (Å²) >= 11 is 0. The zero-order valence-corrected chi connectivity index (χ0v) is 13.0. The molecule has 116 valence electrons. The number of carbonyl (C=O) groups is 1. The molecule has 0 spiro atoms. The van der Waals surface area contributed by atoms with Crippen LogP contribution in [0.25, 0.3) is 0 Å². The number of benzene rings is 2. The molecule has 22 heavy (non-hydrogen) atoms. The van der Waals surface area contributed by atoms with Crippen LogP contribution in [-0.4, -0.2) is 26.2 Å². The number of hydrogen-bond acceptors (Lipinski definition) is 3. The van der Waals surface area contributed by atoms with Crippen LogP contribution in [-0.2, 0) is 6.42 Å². The van der Waals surface area contributed by atoms with Gasteiger partial charge in [0.15, 0.2) is 11.5 Å². The second-order valence-corrected chi connectivity index (χ2v) is 4.79. The van der Waals surface area contributed by atoms with E-state index < -0.39 is 0 Å². The van der Waals surface area contributed by atoms with Gasteiger partial charge in [0.1, 0.15) is 0 Å². The number of methoxy groups -OCH3 is 1. The Hall–Kier alpha value is -2.49. The summed E-state index contributed by atoms with van der Waals surface area (Å²) in [5, 5.41) is 2.92. The molecule has 0 atom stereocenters. The Labute approximate surface area is 131 Å². The fraction of sp³-hybridized carbons (Fsp3) is 0.278. The van der Waals surface area contributed by atoms with E-state index in [0.29, 0.717) is 30.2 Å². The van der Waals surface area contributed by atoms with E-state index in [0.717, 1.165) is 6.42 Å². The molecule has 0 bridgehead atoms. The van der Waals surface area contributed by atoms with Crippen molar-refractivity contribution in [3.63, 3.8) is 0 Å². The molecule has 0 aromatic heterocycles. The van der Waals surface area contributed by atoms with Gasteiger partial charge in [0.25, 0.3) is 5.91 Å². The molecule has 1 N–H and O–H groups in total. The molecule has 4 heteroatoms. The van der Waals surface area contributed by atoms with Crippen molar-refractivity contribution in [3.8, 4) is 11.5 Å². The first-order chi connectivity index (χ1) is 10.7. The monoisotopic (exact) mass is 299 g/mol. The van der Waals surface area contributed by atoms with Crippen molar-refractivity contribution in [2.24, 2.45) is 0 Å². The minimum absolute atomic E-state index is 0.112. The second kappa shape index (κ2) is 8.08. The summed E-state index contributed by atoms with van der Waals surface area (Å²) in [4.78, 5) is 12.2. The van der Waals surface area contributed by atoms with Crippen LogP contribution in [0.15, 0.2) is 48.5 Å². The van der Waals surface area contributed by atoms with E-state index in [1.54, 1.807) is 25.3 Å². The maximum absolute atomic E-state index is 12.2. The lowest BCUT2D eigenvalue weighted by Gasteiger charge is -2.11. The molecule has 0 unspecified atom stereocenters. The molecular formula is C18H21NO3. The Bertz CT molecular complexity index is 611. The van der Waals surface area contributed by atoms with Crippen LogP contribution < -0.4 is 14.8 Å². The predicted octanol–water partition coefficient (Wildman–Crippen LogP) is 3.07. The highest BCUT2D eigenvalue weighted by Crippen LogP contribution is 2.27. The number of carbonyl (C=O) groups excluding carboxylic acids is 1. The van der Waals surface area contributed by atoms with Crippen LogP contribution in [0.2, 0.25) is 0 Å². The van der Waals surface area contributed by atoms with Gasteiger partial charge in [-0.25, -0.2) is 0 Å². The van der Waals surface area contributed by atoms with Crippen LogP contribution in [0.3, 0.4) is 0 Å². The van der Waals surface area contributed by atoms with Crippen molar-refractivity contribution in [3.05, 3.63) is 59.7 Å². The summed E-state index contributed by atoms with van der Waals surface area (Å²) in [6.45, 7) is 3.01. The normalized spacial score (nSPS) is 10.1. The topological polar surface area (TPSA) is 47.6 Å². The lowest BCUT2D eigenvalue weighted by atomic mass is 10.1. The molecule has 0 saturated carbocycles. The Morgan fingerprint density at radius 3 is 2.55 bits per heavy atom. The molecule has 0 heterocycles. The fourth-order valence-corrected chi connectivity index (χ4v) is 2.15. The lowest BCUT2D eigenvalue weighted by Crippen LogP contribution is -2.25. The van der Waals surface area contributed by atoms with Gasteiger partial charge < -0.3 is 14.8 Å². The molecule has 2 aromatic carbocycles. The van der Waals surface area contributed by atoms with Gasteiger partial charge in [0.05, 0.1) is 13.7 Å². The van der Waals surface area contributed by atoms with Gasteiger partial charge in [-0.1, -0.05) is 30.3 Å². The average molecular weight is 299 g/mol. The van der Waals surface area contributed by atoms with E-state index in [1.807, 2.05) is 37.3 Å². The average Bonchev–Trinajstić information content (AvgIpc) is 2.56. The standard InChI is InChI=1S/C18H21NO3/c1-3-22-17-13-15(9-10-16(17)21-2)18(20)19-12-11-14-7-5-4-6-8-14/h4-10,13H,3,11-12H2,1-2H3,(H,19,20). The summed E-state index contributed by atoms with van der Waals surface area (Å²) in [6.07, 6.45) is 0.807. The number of nitrogens with one attached hydrogen (secondary N) is 1. The summed E-state index contributed by atoms with van der Waals surface area (Å²) in [6, 6.07) is 15.3. The van der Waals surface area contributed by atoms with Crippen molar-refractivity contribution in [1.29, 1.82) is 0 Å². The van der Waals surface area contributed by atoms with E-state index in [2.05, 4.69) is 5.32 Å². The van der Waals surface area contributed by atoms with E-state index >= 15 is 0 Å². The summed E-state index contributed by atoms with van der Waals surface area (Å²) in [5.74, 6) is 1.10. The molecule has 0 aliphatic heterocycles. The maximum Gasteiger partial charge on any atom is 0.251 e. The number of rotatable bonds is 7. The van der Waals surface area contributed by atoms with Crippen molar-refractivity contribution < 1.29 is 14.3 Å². The third-order valence-electron chi connectivity index (χ3n) is 3.27. The fourth-order valence-electron chi connectivity index (χ4n) is 2.15. The van der Waals surface area contributed by atoms with Crippen molar-refractivity contribution in [2.75, 3.05) is 20.3 Å². The van der Waals surface area contributed by atoms with E-state index in [4.69, 9.17) is 9.47 Å². The van der Waals surface area contributed by atoms with Crippen LogP contribution in [0.4, 0.5) is 0 Å². The van der Waals surface area contributed by atoms with Gasteiger partial charge in [-0.15, -0.1) is 0 Å². The van der Waals surface area contributed by atoms with E-state index in [-0.39, 0.29) is 5.91 Å². The van der Waals surface area contributed by atoms with Gasteiger partial charge in [0.2, 0.25) is 0 Å². The van der Waals surface area contributed by atoms with Gasteiger partial charge >= 0.3 is 0 Å². The molecule has 0 aliphatic carbocycles. The van der Waals surface area contributed by atoms with Crippen molar-refractivity contribution in [1.82, 2.24) is 5.32 Å². The highest BCUT2D eigenvalue weighted by molar-refractivity contribution is 5.94. The quantitative estimate of drug-likeness (QED) is 0.854. The van der Waals surface area contributed by atoms with Gasteiger partial charge in [-0.2, -0.15) is 0 Å². The Kier molecular flexibility index (Phi) is 5.83. The smallest absolute Gasteiger partial charge is 0.251 e. The zero-order chi connectivity index (χ0) is 15.8. The molecular weight excluding hydrogens is 278 g/mol. The molecule has 0 fully saturated rings. The highest BCUT2D eigenvalue weighted by Gasteiger charge is 2.10. The van der Waals surface area contributed by atoms with E-state index in [9.17, 15) is 4.79 Å². The maximum atomic E-state index is 12.2. The predicted molar refractivity (Wildman–Crippen MR) is 86.6 cm³/mol. The lowest BCUT2D eigenvalue weighted by molar-refractivity contribution is 0.0953. The third kappa shape index (κ3) is 4.25. The molecule has 2 rings (SSSR count). The summed E-state index contributed by atoms with van der Waals surface area (Å²) in [7, 11) is 1.58. The second-order valence-electron chi connectivity index (χ2n) is 4.79. The number of ether oxygens (including phenoxy) is 2. The first-order valence-electron chi connectivity index (χ1n) is 7.37. The first-order valence-corrected chi connectivity index (χ1v) is 7.37. The van der Waals surface area contributed by atoms with Crippen molar-refractivity contribution in [2.45, 2.75) is 13.3 Å². The van der Waals surface area contributed by atoms with Gasteiger partial charge in [-0.3, -0.25) is 4.79 Å². The molecule has 2 aromatic rings. The Balaban J connectivity index is 1.95. The molecule has 0 aliphatic rings. The summed E-state index contributed by atoms with van der Waals surface area (Å²) < 4.78 is 10.7. The Morgan fingerprint density at radius 2 is 1.86 bits per heavy atom. The molecule has 1 amide bonds. The highest BCUT2D eigenvalue weighted by atomic mass is 16.5. The van der Waals surface area contributed by atoms with Gasteiger partial charge in [-0.05, 0) is 37.1 Å². The number of amides is 1. The zero-order valence-electron chi connectivity index (χ0n) is 13.0. The largest absolute Gasteiger partial charge is 0.493 e. The minimum atomic E-state index is -0.112. The van der Waals surface area contributed by atoms with Crippen LogP contribution >= 0.6 is 0 Å². The van der Waals surface area contributed by atoms with Crippen LogP contribution in [0.1, 0.15) is 22.8 Å². The first kappa shape index (κ1) is 15.9. The summed E-state index contributed by atoms with van der Waals surface area (Å²) in [5.41, 5.74) is 1.77. The molecule has 0 saturated heterocycles. The van der Waals surface area contributed by atoms with Crippen LogP contribution in [0, 0.1) is 0 Å². The Morgan fingerprint density at radius 1 is 1.09 bits per heavy atom. The van der Waals surface area contributed by atoms with Crippen LogP contribution in [0.5, 0.6) is 11.5 Å². The van der Waals surface area contributed by atoms with Gasteiger partial charge in [0, 0.05) is 12.1 Å². The SMILES string of the molecule is CCOc1cc(C(=O)NCCc2ccccc2)ccc1OC. The molecule has 4 nitrogen and oxygen atoms in total. The minimum Gasteiger partial charge on any atom is -0.493 e.